The molecule has 3 N–H and O–H groups in total. The van der Waals surface area contributed by atoms with Gasteiger partial charge in [-0.15, -0.1) is 0 Å². The summed E-state index contributed by atoms with van der Waals surface area (Å²) in [6.07, 6.45) is -0.0741. The number of carbonyl (C=O) groups is 1. The van der Waals surface area contributed by atoms with E-state index in [1.807, 2.05) is 30.3 Å². The summed E-state index contributed by atoms with van der Waals surface area (Å²) in [5.41, 5.74) is 2.85. The average Bonchev–Trinajstić information content (AvgIpc) is 3.10. The van der Waals surface area contributed by atoms with E-state index in [1.54, 1.807) is 0 Å². The van der Waals surface area contributed by atoms with E-state index < -0.39 is 22.0 Å². The minimum Gasteiger partial charge on any atom is -0.489 e. The highest BCUT2D eigenvalue weighted by Gasteiger charge is 2.41. The number of carbonyl (C=O) groups excluding carboxylic acids is 1. The van der Waals surface area contributed by atoms with Crippen molar-refractivity contribution in [1.29, 1.82) is 0 Å². The minimum absolute atomic E-state index is 0.0592. The van der Waals surface area contributed by atoms with E-state index in [1.165, 1.54) is 41.5 Å². The Morgan fingerprint density at radius 2 is 1.88 bits per heavy atom. The van der Waals surface area contributed by atoms with Crippen LogP contribution in [-0.4, -0.2) is 39.7 Å². The maximum atomic E-state index is 13.3. The summed E-state index contributed by atoms with van der Waals surface area (Å²) >= 11 is 0. The third-order valence-electron chi connectivity index (χ3n) is 5.38. The largest absolute Gasteiger partial charge is 0.489 e. The Balaban J connectivity index is 1.60. The molecule has 1 aliphatic heterocycles. The molecule has 4 rings (SSSR count). The second-order valence-electron chi connectivity index (χ2n) is 7.42. The van der Waals surface area contributed by atoms with Gasteiger partial charge in [0.25, 0.3) is 11.5 Å². The first kappa shape index (κ1) is 21.8. The maximum Gasteiger partial charge on any atom is 0.271 e. The van der Waals surface area contributed by atoms with Crippen molar-refractivity contribution in [1.82, 2.24) is 19.6 Å². The molecule has 1 aromatic heterocycles. The molecule has 0 saturated heterocycles. The third-order valence-corrected chi connectivity index (χ3v) is 7.25. The number of ether oxygens (including phenoxy) is 1. The molecule has 1 atom stereocenters. The van der Waals surface area contributed by atoms with Crippen molar-refractivity contribution in [3.05, 3.63) is 81.8 Å². The molecule has 2 aromatic carbocycles. The van der Waals surface area contributed by atoms with Gasteiger partial charge in [0.1, 0.15) is 18.4 Å². The molecular weight excluding hydrogens is 436 g/mol. The van der Waals surface area contributed by atoms with E-state index in [2.05, 4.69) is 5.10 Å². The number of hydrogen-bond donors (Lipinski definition) is 3. The van der Waals surface area contributed by atoms with Crippen LogP contribution in [0.4, 0.5) is 0 Å². The van der Waals surface area contributed by atoms with Crippen molar-refractivity contribution in [2.24, 2.45) is 7.05 Å². The molecular formula is C21H22N4O6S. The highest BCUT2D eigenvalue weighted by molar-refractivity contribution is 7.89. The van der Waals surface area contributed by atoms with E-state index in [4.69, 9.17) is 9.94 Å². The van der Waals surface area contributed by atoms with Crippen LogP contribution in [0.2, 0.25) is 0 Å². The molecule has 0 unspecified atom stereocenters. The Labute approximate surface area is 184 Å². The molecule has 0 spiro atoms. The van der Waals surface area contributed by atoms with Crippen LogP contribution >= 0.6 is 0 Å². The number of hydrogen-bond acceptors (Lipinski definition) is 6. The first-order chi connectivity index (χ1) is 15.3. The highest BCUT2D eigenvalue weighted by Crippen LogP contribution is 2.28. The van der Waals surface area contributed by atoms with Crippen LogP contribution in [0.1, 0.15) is 16.8 Å². The van der Waals surface area contributed by atoms with Crippen molar-refractivity contribution in [3.8, 4) is 5.75 Å². The second-order valence-corrected chi connectivity index (χ2v) is 9.32. The van der Waals surface area contributed by atoms with Gasteiger partial charge in [-0.2, -0.15) is 4.31 Å². The molecule has 10 nitrogen and oxygen atoms in total. The van der Waals surface area contributed by atoms with Gasteiger partial charge >= 0.3 is 0 Å². The number of aryl methyl sites for hydroxylation is 1. The van der Waals surface area contributed by atoms with Gasteiger partial charge in [-0.1, -0.05) is 30.3 Å². The number of aromatic amines is 1. The normalized spacial score (nSPS) is 16.4. The summed E-state index contributed by atoms with van der Waals surface area (Å²) in [5, 5.41) is 11.9. The zero-order valence-electron chi connectivity index (χ0n) is 17.2. The average molecular weight is 458 g/mol. The number of nitrogens with one attached hydrogen (secondary N) is 2. The molecule has 32 heavy (non-hydrogen) atoms. The maximum absolute atomic E-state index is 13.3. The first-order valence-corrected chi connectivity index (χ1v) is 11.2. The molecule has 1 amide bonds. The van der Waals surface area contributed by atoms with E-state index in [-0.39, 0.29) is 29.0 Å². The fourth-order valence-electron chi connectivity index (χ4n) is 3.68. The summed E-state index contributed by atoms with van der Waals surface area (Å²) in [6.45, 7) is 0.0373. The lowest BCUT2D eigenvalue weighted by Crippen LogP contribution is -2.52. The monoisotopic (exact) mass is 458 g/mol. The van der Waals surface area contributed by atoms with Gasteiger partial charge < -0.3 is 4.74 Å². The Bertz CT molecular complexity index is 1280. The molecule has 11 heteroatoms. The summed E-state index contributed by atoms with van der Waals surface area (Å²) < 4.78 is 34.5. The van der Waals surface area contributed by atoms with Crippen molar-refractivity contribution in [2.45, 2.75) is 30.5 Å². The molecule has 0 radical (unpaired) electrons. The fraction of sp³-hybridized carbons (Fsp3) is 0.238. The Morgan fingerprint density at radius 3 is 2.53 bits per heavy atom. The number of aromatic nitrogens is 2. The van der Waals surface area contributed by atoms with Crippen LogP contribution in [0, 0.1) is 0 Å². The number of nitrogens with zero attached hydrogens (tertiary/aromatic N) is 2. The smallest absolute Gasteiger partial charge is 0.271 e. The number of sulfonamides is 1. The van der Waals surface area contributed by atoms with Crippen molar-refractivity contribution in [2.75, 3.05) is 0 Å². The van der Waals surface area contributed by atoms with Gasteiger partial charge in [-0.3, -0.25) is 24.6 Å². The van der Waals surface area contributed by atoms with Crippen molar-refractivity contribution < 1.29 is 23.2 Å². The Hall–Kier alpha value is -3.41. The summed E-state index contributed by atoms with van der Waals surface area (Å²) in [7, 11) is -2.65. The van der Waals surface area contributed by atoms with Crippen LogP contribution in [0.3, 0.4) is 0 Å². The summed E-state index contributed by atoms with van der Waals surface area (Å²) in [6, 6.07) is 14.1. The van der Waals surface area contributed by atoms with E-state index in [0.29, 0.717) is 18.1 Å². The predicted octanol–water partition coefficient (Wildman–Crippen LogP) is 0.913. The van der Waals surface area contributed by atoms with E-state index >= 15 is 0 Å². The van der Waals surface area contributed by atoms with Gasteiger partial charge in [0.15, 0.2) is 0 Å². The SMILES string of the molecule is Cn1[nH]c2c(c1=O)CN(S(=O)(=O)c1ccc(OCc3ccccc3)cc1)[C@@H](C(=O)NO)C2. The third kappa shape index (κ3) is 4.05. The van der Waals surface area contributed by atoms with Crippen LogP contribution in [0.15, 0.2) is 64.3 Å². The molecule has 0 fully saturated rings. The zero-order valence-corrected chi connectivity index (χ0v) is 18.0. The topological polar surface area (TPSA) is 134 Å². The predicted molar refractivity (Wildman–Crippen MR) is 113 cm³/mol. The van der Waals surface area contributed by atoms with Crippen LogP contribution < -0.4 is 15.8 Å². The summed E-state index contributed by atoms with van der Waals surface area (Å²) in [5.74, 6) is -0.398. The molecule has 2 heterocycles. The molecule has 0 bridgehead atoms. The number of rotatable bonds is 6. The van der Waals surface area contributed by atoms with Gasteiger partial charge in [-0.25, -0.2) is 13.9 Å². The highest BCUT2D eigenvalue weighted by atomic mass is 32.2. The molecule has 0 aliphatic carbocycles. The Morgan fingerprint density at radius 1 is 1.19 bits per heavy atom. The van der Waals surface area contributed by atoms with E-state index in [0.717, 1.165) is 9.87 Å². The molecule has 0 saturated carbocycles. The standard InChI is InChI=1S/C21H22N4O6S/c1-24-21(27)17-12-25(19(20(26)23-28)11-18(17)22-24)32(29,30)16-9-7-15(8-10-16)31-13-14-5-3-2-4-6-14/h2-10,19,22,28H,11-13H2,1H3,(H,23,26)/t19-/m1/s1. The number of hydroxylamine groups is 1. The van der Waals surface area contributed by atoms with Crippen LogP contribution in [-0.2, 0) is 41.4 Å². The first-order valence-electron chi connectivity index (χ1n) is 9.80. The molecule has 3 aromatic rings. The number of H-pyrrole nitrogens is 1. The minimum atomic E-state index is -4.16. The van der Waals surface area contributed by atoms with E-state index in [9.17, 15) is 18.0 Å². The Kier molecular flexibility index (Phi) is 5.87. The fourth-order valence-corrected chi connectivity index (χ4v) is 5.24. The van der Waals surface area contributed by atoms with Gasteiger partial charge in [-0.05, 0) is 29.8 Å². The van der Waals surface area contributed by atoms with Gasteiger partial charge in [0, 0.05) is 25.7 Å². The van der Waals surface area contributed by atoms with Crippen LogP contribution in [0.25, 0.3) is 0 Å². The van der Waals surface area contributed by atoms with Crippen molar-refractivity contribution >= 4 is 15.9 Å². The quantitative estimate of drug-likeness (QED) is 0.371. The lowest BCUT2D eigenvalue weighted by atomic mass is 10.0. The summed E-state index contributed by atoms with van der Waals surface area (Å²) in [4.78, 5) is 24.5. The van der Waals surface area contributed by atoms with Gasteiger partial charge in [0.05, 0.1) is 10.5 Å². The zero-order chi connectivity index (χ0) is 22.9. The van der Waals surface area contributed by atoms with Gasteiger partial charge in [0.2, 0.25) is 10.0 Å². The molecule has 168 valence electrons. The molecule has 1 aliphatic rings. The van der Waals surface area contributed by atoms with Crippen molar-refractivity contribution in [3.63, 3.8) is 0 Å². The van der Waals surface area contributed by atoms with Crippen LogP contribution in [0.5, 0.6) is 5.75 Å². The lowest BCUT2D eigenvalue weighted by Gasteiger charge is -2.32. The number of fused-ring (bicyclic) bond motifs is 1. The lowest BCUT2D eigenvalue weighted by molar-refractivity contribution is -0.133. The second kappa shape index (κ2) is 8.61. The number of amides is 1. The number of benzene rings is 2.